The number of amides is 1. The maximum Gasteiger partial charge on any atom is 0.253 e. The molecular weight excluding hydrogens is 419 g/mol. The number of carbonyl (C=O) groups excluding carboxylic acids is 1. The van der Waals surface area contributed by atoms with Crippen LogP contribution < -0.4 is 5.32 Å². The zero-order valence-corrected chi connectivity index (χ0v) is 18.0. The number of sulfone groups is 1. The topological polar surface area (TPSA) is 88.4 Å². The smallest absolute Gasteiger partial charge is 0.253 e. The molecule has 0 spiro atoms. The molecule has 6 nitrogen and oxygen atoms in total. The number of aliphatic hydroxyl groups is 1. The Morgan fingerprint density at radius 3 is 2.55 bits per heavy atom. The number of aromatic nitrogens is 1. The molecule has 0 saturated heterocycles. The molecule has 164 valence electrons. The highest BCUT2D eigenvalue weighted by Gasteiger charge is 2.27. The fraction of sp³-hybridized carbons (Fsp3) is 0.348. The van der Waals surface area contributed by atoms with Gasteiger partial charge in [0.15, 0.2) is 9.84 Å². The number of halogens is 1. The molecule has 1 aliphatic rings. The van der Waals surface area contributed by atoms with Crippen LogP contribution >= 0.6 is 0 Å². The van der Waals surface area contributed by atoms with Crippen molar-refractivity contribution in [2.24, 2.45) is 0 Å². The first-order valence-electron chi connectivity index (χ1n) is 10.3. The predicted molar refractivity (Wildman–Crippen MR) is 116 cm³/mol. The molecule has 31 heavy (non-hydrogen) atoms. The molecule has 0 radical (unpaired) electrons. The van der Waals surface area contributed by atoms with E-state index in [-0.39, 0.29) is 21.9 Å². The Hall–Kier alpha value is -2.71. The van der Waals surface area contributed by atoms with Gasteiger partial charge in [0.1, 0.15) is 5.82 Å². The van der Waals surface area contributed by atoms with Gasteiger partial charge in [0.05, 0.1) is 28.1 Å². The first kappa shape index (κ1) is 21.5. The summed E-state index contributed by atoms with van der Waals surface area (Å²) < 4.78 is 39.8. The Labute approximate surface area is 180 Å². The minimum Gasteiger partial charge on any atom is -0.391 e. The van der Waals surface area contributed by atoms with E-state index in [1.54, 1.807) is 35.0 Å². The van der Waals surface area contributed by atoms with Crippen LogP contribution in [0.3, 0.4) is 0 Å². The number of nitrogens with one attached hydrogen (secondary N) is 1. The zero-order chi connectivity index (χ0) is 22.2. The van der Waals surface area contributed by atoms with Gasteiger partial charge < -0.3 is 15.0 Å². The summed E-state index contributed by atoms with van der Waals surface area (Å²) in [4.78, 5) is 13.2. The molecule has 2 N–H and O–H groups in total. The molecule has 2 aromatic carbocycles. The molecule has 1 fully saturated rings. The van der Waals surface area contributed by atoms with Gasteiger partial charge in [-0.2, -0.15) is 0 Å². The van der Waals surface area contributed by atoms with Gasteiger partial charge in [0, 0.05) is 24.4 Å². The van der Waals surface area contributed by atoms with E-state index < -0.39 is 27.7 Å². The molecule has 1 aromatic heterocycles. The Morgan fingerprint density at radius 2 is 1.87 bits per heavy atom. The molecule has 3 aromatic rings. The van der Waals surface area contributed by atoms with Crippen molar-refractivity contribution in [2.45, 2.75) is 49.3 Å². The molecule has 2 atom stereocenters. The van der Waals surface area contributed by atoms with Crippen molar-refractivity contribution in [2.75, 3.05) is 6.26 Å². The molecular formula is C23H25FN2O4S. The van der Waals surface area contributed by atoms with E-state index in [1.165, 1.54) is 18.2 Å². The third-order valence-electron chi connectivity index (χ3n) is 5.85. The standard InChI is InChI=1S/C23H25FN2O4S/c1-31(29,30)16-11-9-15(10-12-16)13-26-14-17(22-18(24)5-4-7-20(22)26)23(28)25-19-6-2-3-8-21(19)27/h4-5,7,9-12,14,19,21,27H,2-3,6,8,13H2,1H3,(H,25,28)/t19?,21-/m0/s1. The lowest BCUT2D eigenvalue weighted by molar-refractivity contribution is 0.0718. The number of rotatable bonds is 5. The van der Waals surface area contributed by atoms with Crippen molar-refractivity contribution >= 4 is 26.6 Å². The second kappa shape index (κ2) is 8.43. The van der Waals surface area contributed by atoms with Gasteiger partial charge in [0.25, 0.3) is 5.91 Å². The number of carbonyl (C=O) groups is 1. The maximum absolute atomic E-state index is 14.7. The molecule has 1 heterocycles. The van der Waals surface area contributed by atoms with Gasteiger partial charge in [-0.1, -0.05) is 31.0 Å². The summed E-state index contributed by atoms with van der Waals surface area (Å²) in [7, 11) is -3.29. The molecule has 1 unspecified atom stereocenters. The van der Waals surface area contributed by atoms with E-state index in [1.807, 2.05) is 0 Å². The second-order valence-electron chi connectivity index (χ2n) is 8.15. The highest BCUT2D eigenvalue weighted by Crippen LogP contribution is 2.27. The van der Waals surface area contributed by atoms with E-state index in [0.717, 1.165) is 24.7 Å². The van der Waals surface area contributed by atoms with Gasteiger partial charge >= 0.3 is 0 Å². The molecule has 0 bridgehead atoms. The summed E-state index contributed by atoms with van der Waals surface area (Å²) in [5.41, 5.74) is 1.61. The average molecular weight is 445 g/mol. The molecule has 8 heteroatoms. The van der Waals surface area contributed by atoms with Crippen LogP contribution in [0.1, 0.15) is 41.6 Å². The Kier molecular flexibility index (Phi) is 5.85. The van der Waals surface area contributed by atoms with Gasteiger partial charge in [-0.25, -0.2) is 12.8 Å². The van der Waals surface area contributed by atoms with Crippen LogP contribution in [0.25, 0.3) is 10.9 Å². The summed E-state index contributed by atoms with van der Waals surface area (Å²) in [6, 6.07) is 10.8. The van der Waals surface area contributed by atoms with Crippen LogP contribution in [-0.2, 0) is 16.4 Å². The monoisotopic (exact) mass is 444 g/mol. The zero-order valence-electron chi connectivity index (χ0n) is 17.2. The minimum absolute atomic E-state index is 0.221. The van der Waals surface area contributed by atoms with Crippen molar-refractivity contribution in [3.8, 4) is 0 Å². The van der Waals surface area contributed by atoms with Gasteiger partial charge in [-0.15, -0.1) is 0 Å². The first-order valence-corrected chi connectivity index (χ1v) is 12.2. The van der Waals surface area contributed by atoms with E-state index in [0.29, 0.717) is 24.9 Å². The number of aliphatic hydroxyl groups excluding tert-OH is 1. The van der Waals surface area contributed by atoms with Crippen molar-refractivity contribution in [3.63, 3.8) is 0 Å². The minimum atomic E-state index is -3.29. The summed E-state index contributed by atoms with van der Waals surface area (Å²) in [6.07, 6.45) is 5.37. The Balaban J connectivity index is 1.66. The van der Waals surface area contributed by atoms with Gasteiger partial charge in [-0.3, -0.25) is 4.79 Å². The van der Waals surface area contributed by atoms with E-state index >= 15 is 0 Å². The lowest BCUT2D eigenvalue weighted by Crippen LogP contribution is -2.45. The van der Waals surface area contributed by atoms with Crippen LogP contribution in [0.5, 0.6) is 0 Å². The fourth-order valence-electron chi connectivity index (χ4n) is 4.18. The van der Waals surface area contributed by atoms with Crippen molar-refractivity contribution in [1.82, 2.24) is 9.88 Å². The van der Waals surface area contributed by atoms with Gasteiger partial charge in [-0.05, 0) is 42.7 Å². The number of fused-ring (bicyclic) bond motifs is 1. The second-order valence-corrected chi connectivity index (χ2v) is 10.2. The molecule has 1 saturated carbocycles. The first-order chi connectivity index (χ1) is 14.7. The van der Waals surface area contributed by atoms with Gasteiger partial charge in [0.2, 0.25) is 0 Å². The van der Waals surface area contributed by atoms with Crippen molar-refractivity contribution in [1.29, 1.82) is 0 Å². The average Bonchev–Trinajstić information content (AvgIpc) is 3.09. The summed E-state index contributed by atoms with van der Waals surface area (Å²) in [5, 5.41) is 13.3. The molecule has 1 aliphatic carbocycles. The number of hydrogen-bond acceptors (Lipinski definition) is 4. The van der Waals surface area contributed by atoms with Crippen molar-refractivity contribution in [3.05, 3.63) is 65.6 Å². The quantitative estimate of drug-likeness (QED) is 0.632. The number of benzene rings is 2. The summed E-state index contributed by atoms with van der Waals surface area (Å²) >= 11 is 0. The van der Waals surface area contributed by atoms with E-state index in [4.69, 9.17) is 0 Å². The van der Waals surface area contributed by atoms with E-state index in [2.05, 4.69) is 5.32 Å². The SMILES string of the molecule is CS(=O)(=O)c1ccc(Cn2cc(C(=O)NC3CCCC[C@@H]3O)c3c(F)cccc32)cc1. The van der Waals surface area contributed by atoms with Crippen LogP contribution in [-0.4, -0.2) is 42.4 Å². The van der Waals surface area contributed by atoms with Crippen LogP contribution in [0.15, 0.2) is 53.6 Å². The van der Waals surface area contributed by atoms with Crippen LogP contribution in [0.2, 0.25) is 0 Å². The fourth-order valence-corrected chi connectivity index (χ4v) is 4.81. The molecule has 1 amide bonds. The Morgan fingerprint density at radius 1 is 1.16 bits per heavy atom. The highest BCUT2D eigenvalue weighted by atomic mass is 32.2. The molecule has 0 aliphatic heterocycles. The van der Waals surface area contributed by atoms with Crippen molar-refractivity contribution < 1.29 is 22.7 Å². The van der Waals surface area contributed by atoms with E-state index in [9.17, 15) is 22.7 Å². The number of nitrogens with zero attached hydrogens (tertiary/aromatic N) is 1. The van der Waals surface area contributed by atoms with Crippen LogP contribution in [0.4, 0.5) is 4.39 Å². The summed E-state index contributed by atoms with van der Waals surface area (Å²) in [5.74, 6) is -0.898. The third-order valence-corrected chi connectivity index (χ3v) is 6.98. The normalized spacial score (nSPS) is 19.5. The summed E-state index contributed by atoms with van der Waals surface area (Å²) in [6.45, 7) is 0.351. The third kappa shape index (κ3) is 4.50. The largest absolute Gasteiger partial charge is 0.391 e. The lowest BCUT2D eigenvalue weighted by Gasteiger charge is -2.28. The lowest BCUT2D eigenvalue weighted by atomic mass is 9.92. The maximum atomic E-state index is 14.7. The highest BCUT2D eigenvalue weighted by molar-refractivity contribution is 7.90. The molecule has 4 rings (SSSR count). The predicted octanol–water partition coefficient (Wildman–Crippen LogP) is 3.27. The Bertz CT molecular complexity index is 1220. The number of hydrogen-bond donors (Lipinski definition) is 2. The van der Waals surface area contributed by atoms with Crippen LogP contribution in [0, 0.1) is 5.82 Å².